The number of hydrogen-bond acceptors (Lipinski definition) is 4. The van der Waals surface area contributed by atoms with Crippen LogP contribution < -0.4 is 10.1 Å². The number of thiazole rings is 1. The van der Waals surface area contributed by atoms with E-state index < -0.39 is 22.7 Å². The van der Waals surface area contributed by atoms with Crippen LogP contribution in [0.5, 0.6) is 5.75 Å². The summed E-state index contributed by atoms with van der Waals surface area (Å²) in [5, 5.41) is 2.65. The van der Waals surface area contributed by atoms with Crippen molar-refractivity contribution in [3.63, 3.8) is 0 Å². The Labute approximate surface area is 164 Å². The quantitative estimate of drug-likeness (QED) is 0.577. The molecule has 1 aromatic heterocycles. The van der Waals surface area contributed by atoms with Crippen molar-refractivity contribution in [2.45, 2.75) is 26.1 Å². The standard InChI is InChI=1S/C20H17F3N2O2S/c1-12(2)27-15-11-7-6-10-14(15)24-18(26)16-17(20(21,22)23)25-19(28-16)13-8-4-3-5-9-13/h3-12H,1-2H3,(H,24,26). The SMILES string of the molecule is CC(C)Oc1ccccc1NC(=O)c1sc(-c2ccccc2)nc1C(F)(F)F. The van der Waals surface area contributed by atoms with Crippen molar-refractivity contribution in [3.8, 4) is 16.3 Å². The Bertz CT molecular complexity index is 969. The maximum Gasteiger partial charge on any atom is 0.435 e. The van der Waals surface area contributed by atoms with Gasteiger partial charge in [0, 0.05) is 5.56 Å². The number of nitrogens with one attached hydrogen (secondary N) is 1. The number of aromatic nitrogens is 1. The van der Waals surface area contributed by atoms with Crippen LogP contribution in [-0.4, -0.2) is 17.0 Å². The molecule has 0 fully saturated rings. The Kier molecular flexibility index (Phi) is 5.69. The molecule has 0 bridgehead atoms. The van der Waals surface area contributed by atoms with E-state index >= 15 is 0 Å². The molecule has 1 heterocycles. The molecule has 0 aliphatic rings. The fourth-order valence-electron chi connectivity index (χ4n) is 2.48. The first-order chi connectivity index (χ1) is 13.3. The van der Waals surface area contributed by atoms with E-state index in [0.717, 1.165) is 0 Å². The third kappa shape index (κ3) is 4.51. The number of hydrogen-bond donors (Lipinski definition) is 1. The van der Waals surface area contributed by atoms with Crippen molar-refractivity contribution < 1.29 is 22.7 Å². The van der Waals surface area contributed by atoms with Crippen LogP contribution in [0, 0.1) is 0 Å². The Balaban J connectivity index is 1.97. The monoisotopic (exact) mass is 406 g/mol. The van der Waals surface area contributed by atoms with E-state index in [0.29, 0.717) is 28.3 Å². The number of carbonyl (C=O) groups is 1. The molecular weight excluding hydrogens is 389 g/mol. The van der Waals surface area contributed by atoms with Crippen molar-refractivity contribution in [1.82, 2.24) is 4.98 Å². The number of amides is 1. The van der Waals surface area contributed by atoms with E-state index in [9.17, 15) is 18.0 Å². The summed E-state index contributed by atoms with van der Waals surface area (Å²) in [6.07, 6.45) is -4.90. The van der Waals surface area contributed by atoms with E-state index in [1.807, 2.05) is 13.8 Å². The Morgan fingerprint density at radius 1 is 1.07 bits per heavy atom. The molecule has 0 atom stereocenters. The number of benzene rings is 2. The first-order valence-corrected chi connectivity index (χ1v) is 9.28. The van der Waals surface area contributed by atoms with Crippen molar-refractivity contribution in [3.05, 3.63) is 65.2 Å². The molecule has 1 amide bonds. The van der Waals surface area contributed by atoms with Crippen LogP contribution in [0.15, 0.2) is 54.6 Å². The molecule has 0 spiro atoms. The zero-order valence-electron chi connectivity index (χ0n) is 15.1. The molecule has 0 radical (unpaired) electrons. The molecule has 0 aliphatic carbocycles. The van der Waals surface area contributed by atoms with Gasteiger partial charge >= 0.3 is 6.18 Å². The Morgan fingerprint density at radius 3 is 2.36 bits per heavy atom. The summed E-state index contributed by atoms with van der Waals surface area (Å²) < 4.78 is 46.0. The number of halogens is 3. The molecule has 0 saturated carbocycles. The molecule has 28 heavy (non-hydrogen) atoms. The van der Waals surface area contributed by atoms with Gasteiger partial charge in [-0.3, -0.25) is 4.79 Å². The van der Waals surface area contributed by atoms with Gasteiger partial charge in [0.05, 0.1) is 11.8 Å². The number of rotatable bonds is 5. The highest BCUT2D eigenvalue weighted by Gasteiger charge is 2.40. The van der Waals surface area contributed by atoms with Gasteiger partial charge in [-0.2, -0.15) is 13.2 Å². The molecule has 3 rings (SSSR count). The van der Waals surface area contributed by atoms with Gasteiger partial charge in [-0.1, -0.05) is 42.5 Å². The Morgan fingerprint density at radius 2 is 1.71 bits per heavy atom. The van der Waals surface area contributed by atoms with Crippen molar-refractivity contribution in [2.24, 2.45) is 0 Å². The molecule has 4 nitrogen and oxygen atoms in total. The number of alkyl halides is 3. The van der Waals surface area contributed by atoms with Crippen LogP contribution in [0.4, 0.5) is 18.9 Å². The highest BCUT2D eigenvalue weighted by Crippen LogP contribution is 2.38. The van der Waals surface area contributed by atoms with Gasteiger partial charge in [0.1, 0.15) is 15.6 Å². The first-order valence-electron chi connectivity index (χ1n) is 8.46. The lowest BCUT2D eigenvalue weighted by Gasteiger charge is -2.14. The van der Waals surface area contributed by atoms with E-state index in [-0.39, 0.29) is 11.1 Å². The van der Waals surface area contributed by atoms with Crippen LogP contribution in [0.25, 0.3) is 10.6 Å². The summed E-state index contributed by atoms with van der Waals surface area (Å²) in [7, 11) is 0. The molecule has 146 valence electrons. The number of para-hydroxylation sites is 2. The molecule has 0 aliphatic heterocycles. The van der Waals surface area contributed by atoms with Gasteiger partial charge in [-0.05, 0) is 26.0 Å². The average Bonchev–Trinajstić information content (AvgIpc) is 3.10. The minimum Gasteiger partial charge on any atom is -0.489 e. The third-order valence-corrected chi connectivity index (χ3v) is 4.72. The fraction of sp³-hybridized carbons (Fsp3) is 0.200. The van der Waals surface area contributed by atoms with Gasteiger partial charge < -0.3 is 10.1 Å². The number of anilines is 1. The number of nitrogens with zero attached hydrogens (tertiary/aromatic N) is 1. The second-order valence-corrected chi connectivity index (χ2v) is 7.18. The predicted molar refractivity (Wildman–Crippen MR) is 103 cm³/mol. The molecule has 0 saturated heterocycles. The van der Waals surface area contributed by atoms with Gasteiger partial charge in [-0.15, -0.1) is 11.3 Å². The second-order valence-electron chi connectivity index (χ2n) is 6.18. The second kappa shape index (κ2) is 8.02. The first kappa shape index (κ1) is 19.9. The minimum absolute atomic E-state index is 0.129. The average molecular weight is 406 g/mol. The van der Waals surface area contributed by atoms with Gasteiger partial charge in [0.2, 0.25) is 0 Å². The fourth-order valence-corrected chi connectivity index (χ4v) is 3.46. The summed E-state index contributed by atoms with van der Waals surface area (Å²) in [4.78, 5) is 15.9. The molecular formula is C20H17F3N2O2S. The zero-order valence-corrected chi connectivity index (χ0v) is 15.9. The lowest BCUT2D eigenvalue weighted by molar-refractivity contribution is -0.140. The van der Waals surface area contributed by atoms with E-state index in [1.165, 1.54) is 0 Å². The van der Waals surface area contributed by atoms with Crippen LogP contribution in [0.1, 0.15) is 29.2 Å². The minimum atomic E-state index is -4.75. The summed E-state index contributed by atoms with van der Waals surface area (Å²) >= 11 is 0.703. The van der Waals surface area contributed by atoms with Crippen LogP contribution in [0.3, 0.4) is 0 Å². The lowest BCUT2D eigenvalue weighted by Crippen LogP contribution is -2.18. The number of ether oxygens (including phenoxy) is 1. The maximum absolute atomic E-state index is 13.5. The van der Waals surface area contributed by atoms with Gasteiger partial charge in [-0.25, -0.2) is 4.98 Å². The highest BCUT2D eigenvalue weighted by atomic mass is 32.1. The van der Waals surface area contributed by atoms with Crippen LogP contribution >= 0.6 is 11.3 Å². The number of carbonyl (C=O) groups excluding carboxylic acids is 1. The lowest BCUT2D eigenvalue weighted by atomic mass is 10.2. The van der Waals surface area contributed by atoms with Crippen LogP contribution in [-0.2, 0) is 6.18 Å². The topological polar surface area (TPSA) is 51.2 Å². The normalized spacial score (nSPS) is 11.5. The maximum atomic E-state index is 13.5. The van der Waals surface area contributed by atoms with E-state index in [1.54, 1.807) is 54.6 Å². The predicted octanol–water partition coefficient (Wildman–Crippen LogP) is 5.87. The van der Waals surface area contributed by atoms with Crippen LogP contribution in [0.2, 0.25) is 0 Å². The summed E-state index contributed by atoms with van der Waals surface area (Å²) in [5.74, 6) is -0.501. The molecule has 8 heteroatoms. The largest absolute Gasteiger partial charge is 0.489 e. The smallest absolute Gasteiger partial charge is 0.435 e. The van der Waals surface area contributed by atoms with Crippen molar-refractivity contribution in [1.29, 1.82) is 0 Å². The zero-order chi connectivity index (χ0) is 20.3. The third-order valence-electron chi connectivity index (χ3n) is 3.62. The molecule has 1 N–H and O–H groups in total. The van der Waals surface area contributed by atoms with Gasteiger partial charge in [0.15, 0.2) is 5.69 Å². The highest BCUT2D eigenvalue weighted by molar-refractivity contribution is 7.17. The molecule has 3 aromatic rings. The van der Waals surface area contributed by atoms with Gasteiger partial charge in [0.25, 0.3) is 5.91 Å². The summed E-state index contributed by atoms with van der Waals surface area (Å²) in [5.41, 5.74) is -0.388. The van der Waals surface area contributed by atoms with E-state index in [4.69, 9.17) is 4.74 Å². The summed E-state index contributed by atoms with van der Waals surface area (Å²) in [6.45, 7) is 3.63. The Hall–Kier alpha value is -2.87. The summed E-state index contributed by atoms with van der Waals surface area (Å²) in [6, 6.07) is 15.0. The van der Waals surface area contributed by atoms with E-state index in [2.05, 4.69) is 10.3 Å². The molecule has 0 unspecified atom stereocenters. The molecule has 2 aromatic carbocycles. The van der Waals surface area contributed by atoms with Crippen molar-refractivity contribution >= 4 is 22.9 Å². The van der Waals surface area contributed by atoms with Crippen molar-refractivity contribution in [2.75, 3.05) is 5.32 Å².